The molecule has 0 aliphatic rings. The first-order valence-electron chi connectivity index (χ1n) is 5.93. The molecule has 0 unspecified atom stereocenters. The van der Waals surface area contributed by atoms with Gasteiger partial charge >= 0.3 is 0 Å². The average molecular weight is 275 g/mol. The van der Waals surface area contributed by atoms with Crippen molar-refractivity contribution in [3.05, 3.63) is 47.9 Å². The molecule has 0 bridgehead atoms. The highest BCUT2D eigenvalue weighted by atomic mass is 19.1. The van der Waals surface area contributed by atoms with Crippen molar-refractivity contribution in [1.29, 1.82) is 0 Å². The standard InChI is InChI=1S/C14H14FN3O2/c1-16-13-12(15)11(6-7-17-13)14(19)18-9-4-3-5-10(8-9)20-2/h3-8H,1-2H3,(H,16,17)(H,18,19). The molecule has 0 fully saturated rings. The first kappa shape index (κ1) is 13.8. The van der Waals surface area contributed by atoms with Crippen LogP contribution < -0.4 is 15.4 Å². The van der Waals surface area contributed by atoms with E-state index in [-0.39, 0.29) is 11.4 Å². The van der Waals surface area contributed by atoms with E-state index in [4.69, 9.17) is 4.74 Å². The number of carbonyl (C=O) groups excluding carboxylic acids is 1. The van der Waals surface area contributed by atoms with Crippen molar-refractivity contribution in [3.8, 4) is 5.75 Å². The van der Waals surface area contributed by atoms with E-state index in [0.29, 0.717) is 11.4 Å². The van der Waals surface area contributed by atoms with Gasteiger partial charge in [-0.2, -0.15) is 0 Å². The van der Waals surface area contributed by atoms with Gasteiger partial charge in [-0.05, 0) is 18.2 Å². The summed E-state index contributed by atoms with van der Waals surface area (Å²) in [5.74, 6) is -0.595. The molecule has 20 heavy (non-hydrogen) atoms. The molecular weight excluding hydrogens is 261 g/mol. The number of amides is 1. The summed E-state index contributed by atoms with van der Waals surface area (Å²) in [6, 6.07) is 8.15. The summed E-state index contributed by atoms with van der Waals surface area (Å²) in [5.41, 5.74) is 0.448. The number of methoxy groups -OCH3 is 1. The van der Waals surface area contributed by atoms with E-state index in [0.717, 1.165) is 0 Å². The van der Waals surface area contributed by atoms with Gasteiger partial charge in [-0.15, -0.1) is 0 Å². The lowest BCUT2D eigenvalue weighted by molar-refractivity contribution is 0.102. The minimum Gasteiger partial charge on any atom is -0.497 e. The first-order chi connectivity index (χ1) is 9.65. The van der Waals surface area contributed by atoms with Crippen LogP contribution >= 0.6 is 0 Å². The number of carbonyl (C=O) groups is 1. The second-order valence-electron chi connectivity index (χ2n) is 3.96. The first-order valence-corrected chi connectivity index (χ1v) is 5.93. The molecule has 1 aromatic heterocycles. The maximum atomic E-state index is 14.0. The summed E-state index contributed by atoms with van der Waals surface area (Å²) >= 11 is 0. The van der Waals surface area contributed by atoms with Crippen LogP contribution in [0, 0.1) is 5.82 Å². The van der Waals surface area contributed by atoms with E-state index in [9.17, 15) is 9.18 Å². The van der Waals surface area contributed by atoms with Crippen LogP contribution in [0.1, 0.15) is 10.4 Å². The summed E-state index contributed by atoms with van der Waals surface area (Å²) in [7, 11) is 3.07. The molecule has 6 heteroatoms. The fourth-order valence-electron chi connectivity index (χ4n) is 1.69. The van der Waals surface area contributed by atoms with Crippen LogP contribution in [0.4, 0.5) is 15.9 Å². The smallest absolute Gasteiger partial charge is 0.258 e. The lowest BCUT2D eigenvalue weighted by atomic mass is 10.2. The Bertz CT molecular complexity index is 632. The topological polar surface area (TPSA) is 63.2 Å². The number of nitrogens with zero attached hydrogens (tertiary/aromatic N) is 1. The van der Waals surface area contributed by atoms with E-state index >= 15 is 0 Å². The minimum atomic E-state index is -0.685. The molecule has 0 spiro atoms. The quantitative estimate of drug-likeness (QED) is 0.900. The number of benzene rings is 1. The van der Waals surface area contributed by atoms with Gasteiger partial charge in [-0.25, -0.2) is 9.37 Å². The third kappa shape index (κ3) is 2.85. The van der Waals surface area contributed by atoms with Crippen molar-refractivity contribution < 1.29 is 13.9 Å². The number of nitrogens with one attached hydrogen (secondary N) is 2. The Labute approximate surface area is 115 Å². The van der Waals surface area contributed by atoms with Crippen LogP contribution in [-0.4, -0.2) is 25.0 Å². The van der Waals surface area contributed by atoms with Gasteiger partial charge in [-0.1, -0.05) is 6.07 Å². The number of aromatic nitrogens is 1. The van der Waals surface area contributed by atoms with E-state index in [1.165, 1.54) is 26.4 Å². The predicted molar refractivity (Wildman–Crippen MR) is 74.7 cm³/mol. The molecule has 2 rings (SSSR count). The molecule has 0 aliphatic carbocycles. The molecule has 5 nitrogen and oxygen atoms in total. The van der Waals surface area contributed by atoms with Gasteiger partial charge in [0.05, 0.1) is 12.7 Å². The lowest BCUT2D eigenvalue weighted by Crippen LogP contribution is -2.15. The Morgan fingerprint density at radius 2 is 2.15 bits per heavy atom. The van der Waals surface area contributed by atoms with Crippen LogP contribution in [0.25, 0.3) is 0 Å². The summed E-state index contributed by atoms with van der Waals surface area (Å²) in [4.78, 5) is 15.8. The summed E-state index contributed by atoms with van der Waals surface area (Å²) in [6.07, 6.45) is 1.37. The van der Waals surface area contributed by atoms with Crippen molar-refractivity contribution in [1.82, 2.24) is 4.98 Å². The second-order valence-corrected chi connectivity index (χ2v) is 3.96. The fraction of sp³-hybridized carbons (Fsp3) is 0.143. The van der Waals surface area contributed by atoms with Crippen molar-refractivity contribution >= 4 is 17.4 Å². The van der Waals surface area contributed by atoms with Crippen molar-refractivity contribution in [2.45, 2.75) is 0 Å². The SMILES string of the molecule is CNc1nccc(C(=O)Nc2cccc(OC)c2)c1F. The maximum absolute atomic E-state index is 14.0. The molecule has 1 amide bonds. The third-order valence-corrected chi connectivity index (χ3v) is 2.70. The molecule has 0 atom stereocenters. The van der Waals surface area contributed by atoms with Gasteiger partial charge < -0.3 is 15.4 Å². The highest BCUT2D eigenvalue weighted by Crippen LogP contribution is 2.19. The summed E-state index contributed by atoms with van der Waals surface area (Å²) in [6.45, 7) is 0. The Hall–Kier alpha value is -2.63. The largest absolute Gasteiger partial charge is 0.497 e. The molecule has 0 saturated carbocycles. The van der Waals surface area contributed by atoms with Crippen molar-refractivity contribution in [2.75, 3.05) is 24.8 Å². The molecular formula is C14H14FN3O2. The van der Waals surface area contributed by atoms with Gasteiger partial charge in [0, 0.05) is 25.0 Å². The lowest BCUT2D eigenvalue weighted by Gasteiger charge is -2.09. The molecule has 2 aromatic rings. The molecule has 1 heterocycles. The predicted octanol–water partition coefficient (Wildman–Crippen LogP) is 2.52. The van der Waals surface area contributed by atoms with Gasteiger partial charge in [0.1, 0.15) is 5.75 Å². The van der Waals surface area contributed by atoms with Crippen molar-refractivity contribution in [3.63, 3.8) is 0 Å². The van der Waals surface area contributed by atoms with E-state index in [1.807, 2.05) is 0 Å². The molecule has 1 aromatic carbocycles. The Morgan fingerprint density at radius 3 is 2.85 bits per heavy atom. The summed E-state index contributed by atoms with van der Waals surface area (Å²) < 4.78 is 19.0. The third-order valence-electron chi connectivity index (χ3n) is 2.70. The van der Waals surface area contributed by atoms with Crippen LogP contribution in [0.3, 0.4) is 0 Å². The van der Waals surface area contributed by atoms with Crippen molar-refractivity contribution in [2.24, 2.45) is 0 Å². The molecule has 0 radical (unpaired) electrons. The highest BCUT2D eigenvalue weighted by Gasteiger charge is 2.15. The minimum absolute atomic E-state index is 0.0308. The average Bonchev–Trinajstić information content (AvgIpc) is 2.47. The molecule has 0 saturated heterocycles. The fourth-order valence-corrected chi connectivity index (χ4v) is 1.69. The zero-order valence-electron chi connectivity index (χ0n) is 11.1. The maximum Gasteiger partial charge on any atom is 0.258 e. The number of halogens is 1. The van der Waals surface area contributed by atoms with Crippen LogP contribution in [0.5, 0.6) is 5.75 Å². The number of hydrogen-bond donors (Lipinski definition) is 2. The van der Waals surface area contributed by atoms with Gasteiger partial charge in [0.25, 0.3) is 5.91 Å². The molecule has 0 aliphatic heterocycles. The number of rotatable bonds is 4. The molecule has 2 N–H and O–H groups in total. The van der Waals surface area contributed by atoms with Gasteiger partial charge in [0.2, 0.25) is 0 Å². The Morgan fingerprint density at radius 1 is 1.35 bits per heavy atom. The Balaban J connectivity index is 2.24. The number of anilines is 2. The van der Waals surface area contributed by atoms with Gasteiger partial charge in [0.15, 0.2) is 11.6 Å². The molecule has 104 valence electrons. The normalized spacial score (nSPS) is 9.95. The number of pyridine rings is 1. The second kappa shape index (κ2) is 6.01. The number of hydrogen-bond acceptors (Lipinski definition) is 4. The van der Waals surface area contributed by atoms with E-state index in [1.54, 1.807) is 24.3 Å². The van der Waals surface area contributed by atoms with Crippen LogP contribution in [0.15, 0.2) is 36.5 Å². The van der Waals surface area contributed by atoms with Crippen LogP contribution in [-0.2, 0) is 0 Å². The zero-order chi connectivity index (χ0) is 14.5. The summed E-state index contributed by atoms with van der Waals surface area (Å²) in [5, 5.41) is 5.20. The zero-order valence-corrected chi connectivity index (χ0v) is 11.1. The van der Waals surface area contributed by atoms with E-state index < -0.39 is 11.7 Å². The van der Waals surface area contributed by atoms with Crippen LogP contribution in [0.2, 0.25) is 0 Å². The van der Waals surface area contributed by atoms with Gasteiger partial charge in [-0.3, -0.25) is 4.79 Å². The Kier molecular flexibility index (Phi) is 4.14. The monoisotopic (exact) mass is 275 g/mol. The number of ether oxygens (including phenoxy) is 1. The van der Waals surface area contributed by atoms with E-state index in [2.05, 4.69) is 15.6 Å². The highest BCUT2D eigenvalue weighted by molar-refractivity contribution is 6.04.